The van der Waals surface area contributed by atoms with Crippen LogP contribution in [0.15, 0.2) is 41.3 Å². The second kappa shape index (κ2) is 6.45. The highest BCUT2D eigenvalue weighted by atomic mass is 16.1. The van der Waals surface area contributed by atoms with Crippen LogP contribution in [-0.4, -0.2) is 45.9 Å². The van der Waals surface area contributed by atoms with E-state index in [1.807, 2.05) is 44.4 Å². The van der Waals surface area contributed by atoms with Gasteiger partial charge in [-0.05, 0) is 42.8 Å². The normalized spacial score (nSPS) is 14.9. The lowest BCUT2D eigenvalue weighted by Gasteiger charge is -2.29. The predicted molar refractivity (Wildman–Crippen MR) is 112 cm³/mol. The molecule has 1 fully saturated rings. The van der Waals surface area contributed by atoms with Crippen LogP contribution in [0.3, 0.4) is 0 Å². The molecule has 0 saturated carbocycles. The summed E-state index contributed by atoms with van der Waals surface area (Å²) in [4.78, 5) is 22.8. The maximum atomic E-state index is 12.8. The Kier molecular flexibility index (Phi) is 3.91. The zero-order chi connectivity index (χ0) is 19.3. The number of hydrogen-bond acceptors (Lipinski definition) is 5. The Morgan fingerprint density at radius 2 is 1.93 bits per heavy atom. The number of anilines is 1. The van der Waals surface area contributed by atoms with Crippen molar-refractivity contribution in [2.75, 3.05) is 31.1 Å². The van der Waals surface area contributed by atoms with Crippen LogP contribution in [0.1, 0.15) is 5.56 Å². The molecule has 4 aromatic rings. The Labute approximate surface area is 162 Å². The van der Waals surface area contributed by atoms with E-state index in [2.05, 4.69) is 26.4 Å². The van der Waals surface area contributed by atoms with Crippen LogP contribution >= 0.6 is 0 Å². The minimum atomic E-state index is -0.110. The Morgan fingerprint density at radius 1 is 1.11 bits per heavy atom. The average Bonchev–Trinajstić information content (AvgIpc) is 3.09. The molecule has 2 aromatic carbocycles. The summed E-state index contributed by atoms with van der Waals surface area (Å²) in [5.41, 5.74) is 4.59. The van der Waals surface area contributed by atoms with Crippen molar-refractivity contribution < 1.29 is 0 Å². The van der Waals surface area contributed by atoms with Crippen LogP contribution in [0.2, 0.25) is 0 Å². The first kappa shape index (κ1) is 16.9. The third-order valence-electron chi connectivity index (χ3n) is 5.36. The third kappa shape index (κ3) is 2.84. The highest BCUT2D eigenvalue weighted by Gasteiger charge is 2.14. The predicted octanol–water partition coefficient (Wildman–Crippen LogP) is 2.19. The Morgan fingerprint density at radius 3 is 2.75 bits per heavy atom. The van der Waals surface area contributed by atoms with E-state index < -0.39 is 0 Å². The van der Waals surface area contributed by atoms with Crippen LogP contribution in [0, 0.1) is 6.92 Å². The lowest BCUT2D eigenvalue weighted by Crippen LogP contribution is -2.43. The van der Waals surface area contributed by atoms with Gasteiger partial charge in [0.15, 0.2) is 0 Å². The largest absolute Gasteiger partial charge is 0.369 e. The molecule has 7 heteroatoms. The molecular formula is C21H22N6O. The molecule has 1 aliphatic heterocycles. The van der Waals surface area contributed by atoms with Crippen LogP contribution in [-0.2, 0) is 7.05 Å². The van der Waals surface area contributed by atoms with Gasteiger partial charge in [0.1, 0.15) is 5.82 Å². The average molecular weight is 374 g/mol. The number of nitrogens with one attached hydrogen (secondary N) is 2. The van der Waals surface area contributed by atoms with Gasteiger partial charge in [0, 0.05) is 56.1 Å². The van der Waals surface area contributed by atoms with E-state index in [-0.39, 0.29) is 5.56 Å². The van der Waals surface area contributed by atoms with Gasteiger partial charge in [-0.1, -0.05) is 0 Å². The molecule has 0 amide bonds. The lowest BCUT2D eigenvalue weighted by atomic mass is 10.1. The van der Waals surface area contributed by atoms with Gasteiger partial charge in [-0.25, -0.2) is 4.98 Å². The molecule has 2 aromatic heterocycles. The molecule has 2 N–H and O–H groups in total. The SMILES string of the molecule is Cc1cc(-c2nc3ccc(N4CCNCC4)cc3c(=O)[nH]2)cc2cn(C)nc12. The van der Waals surface area contributed by atoms with Crippen LogP contribution in [0.25, 0.3) is 33.2 Å². The fraction of sp³-hybridized carbons (Fsp3) is 0.286. The van der Waals surface area contributed by atoms with Crippen molar-refractivity contribution in [3.8, 4) is 11.4 Å². The highest BCUT2D eigenvalue weighted by Crippen LogP contribution is 2.26. The first-order valence-electron chi connectivity index (χ1n) is 9.52. The van der Waals surface area contributed by atoms with E-state index in [0.717, 1.165) is 53.9 Å². The van der Waals surface area contributed by atoms with Gasteiger partial charge in [-0.2, -0.15) is 5.10 Å². The molecule has 0 aliphatic carbocycles. The van der Waals surface area contributed by atoms with E-state index >= 15 is 0 Å². The van der Waals surface area contributed by atoms with E-state index in [0.29, 0.717) is 16.7 Å². The summed E-state index contributed by atoms with van der Waals surface area (Å²) in [5, 5.41) is 9.49. The molecule has 7 nitrogen and oxygen atoms in total. The van der Waals surface area contributed by atoms with Gasteiger partial charge in [-0.15, -0.1) is 0 Å². The van der Waals surface area contributed by atoms with E-state index in [1.54, 1.807) is 4.68 Å². The number of aryl methyl sites for hydroxylation is 2. The van der Waals surface area contributed by atoms with Crippen LogP contribution in [0.4, 0.5) is 5.69 Å². The maximum absolute atomic E-state index is 12.8. The molecule has 142 valence electrons. The van der Waals surface area contributed by atoms with Gasteiger partial charge in [-0.3, -0.25) is 9.48 Å². The molecule has 28 heavy (non-hydrogen) atoms. The quantitative estimate of drug-likeness (QED) is 0.562. The van der Waals surface area contributed by atoms with E-state index in [4.69, 9.17) is 4.98 Å². The summed E-state index contributed by atoms with van der Waals surface area (Å²) >= 11 is 0. The van der Waals surface area contributed by atoms with Gasteiger partial charge in [0.05, 0.1) is 16.4 Å². The monoisotopic (exact) mass is 374 g/mol. The smallest absolute Gasteiger partial charge is 0.259 e. The summed E-state index contributed by atoms with van der Waals surface area (Å²) in [7, 11) is 1.91. The first-order valence-corrected chi connectivity index (χ1v) is 9.52. The third-order valence-corrected chi connectivity index (χ3v) is 5.36. The van der Waals surface area contributed by atoms with Crippen molar-refractivity contribution in [1.82, 2.24) is 25.1 Å². The number of benzene rings is 2. The van der Waals surface area contributed by atoms with Crippen molar-refractivity contribution in [3.63, 3.8) is 0 Å². The summed E-state index contributed by atoms with van der Waals surface area (Å²) < 4.78 is 1.80. The molecule has 0 radical (unpaired) electrons. The molecule has 0 unspecified atom stereocenters. The number of rotatable bonds is 2. The first-order chi connectivity index (χ1) is 13.6. The molecule has 0 bridgehead atoms. The molecule has 1 aliphatic rings. The Balaban J connectivity index is 1.60. The number of aromatic nitrogens is 4. The molecule has 3 heterocycles. The van der Waals surface area contributed by atoms with Gasteiger partial charge < -0.3 is 15.2 Å². The minimum absolute atomic E-state index is 0.110. The fourth-order valence-corrected chi connectivity index (χ4v) is 3.95. The summed E-state index contributed by atoms with van der Waals surface area (Å²) in [6.07, 6.45) is 1.98. The van der Waals surface area contributed by atoms with Crippen LogP contribution < -0.4 is 15.8 Å². The number of nitrogens with zero attached hydrogens (tertiary/aromatic N) is 4. The number of hydrogen-bond donors (Lipinski definition) is 2. The molecule has 0 atom stereocenters. The minimum Gasteiger partial charge on any atom is -0.369 e. The number of fused-ring (bicyclic) bond motifs is 2. The second-order valence-corrected chi connectivity index (χ2v) is 7.39. The lowest BCUT2D eigenvalue weighted by molar-refractivity contribution is 0.589. The van der Waals surface area contributed by atoms with Gasteiger partial charge in [0.25, 0.3) is 5.56 Å². The van der Waals surface area contributed by atoms with Crippen molar-refractivity contribution >= 4 is 27.5 Å². The summed E-state index contributed by atoms with van der Waals surface area (Å²) in [6, 6.07) is 10.00. The molecule has 5 rings (SSSR count). The topological polar surface area (TPSA) is 78.8 Å². The van der Waals surface area contributed by atoms with Crippen molar-refractivity contribution in [2.45, 2.75) is 6.92 Å². The molecule has 1 saturated heterocycles. The zero-order valence-corrected chi connectivity index (χ0v) is 16.0. The van der Waals surface area contributed by atoms with Gasteiger partial charge in [0.2, 0.25) is 0 Å². The second-order valence-electron chi connectivity index (χ2n) is 7.39. The summed E-state index contributed by atoms with van der Waals surface area (Å²) in [5.74, 6) is 0.585. The Bertz CT molecular complexity index is 1250. The fourth-order valence-electron chi connectivity index (χ4n) is 3.95. The molecular weight excluding hydrogens is 352 g/mol. The maximum Gasteiger partial charge on any atom is 0.259 e. The molecule has 0 spiro atoms. The van der Waals surface area contributed by atoms with Crippen molar-refractivity contribution in [1.29, 1.82) is 0 Å². The zero-order valence-electron chi connectivity index (χ0n) is 16.0. The Hall–Kier alpha value is -3.19. The highest BCUT2D eigenvalue weighted by molar-refractivity contribution is 5.87. The standard InChI is InChI=1S/C21H22N6O/c1-13-9-14(10-15-12-26(2)25-19(13)15)20-23-18-4-3-16(11-17(18)21(28)24-20)27-7-5-22-6-8-27/h3-4,9-12,22H,5-8H2,1-2H3,(H,23,24,28). The van der Waals surface area contributed by atoms with Crippen LogP contribution in [0.5, 0.6) is 0 Å². The number of piperazine rings is 1. The van der Waals surface area contributed by atoms with E-state index in [1.165, 1.54) is 0 Å². The van der Waals surface area contributed by atoms with Crippen molar-refractivity contribution in [3.05, 3.63) is 52.4 Å². The van der Waals surface area contributed by atoms with E-state index in [9.17, 15) is 4.79 Å². The van der Waals surface area contributed by atoms with Gasteiger partial charge >= 0.3 is 0 Å². The number of H-pyrrole nitrogens is 1. The number of aromatic amines is 1. The summed E-state index contributed by atoms with van der Waals surface area (Å²) in [6.45, 7) is 5.83. The van der Waals surface area contributed by atoms with Crippen molar-refractivity contribution in [2.24, 2.45) is 7.05 Å².